The number of carbonyl (C=O) groups is 1. The third-order valence-corrected chi connectivity index (χ3v) is 2.90. The second-order valence-electron chi connectivity index (χ2n) is 4.30. The van der Waals surface area contributed by atoms with Crippen molar-refractivity contribution in [3.8, 4) is 0 Å². The minimum absolute atomic E-state index is 0.0360. The highest BCUT2D eigenvalue weighted by atomic mass is 19.1. The van der Waals surface area contributed by atoms with E-state index in [-0.39, 0.29) is 12.0 Å². The molecular weight excluding hydrogens is 248 g/mol. The number of hydrogen-bond donors (Lipinski definition) is 0. The van der Waals surface area contributed by atoms with E-state index in [1.807, 2.05) is 0 Å². The highest BCUT2D eigenvalue weighted by Crippen LogP contribution is 2.18. The molecule has 98 valence electrons. The average molecular weight is 261 g/mol. The fourth-order valence-electron chi connectivity index (χ4n) is 1.82. The second-order valence-corrected chi connectivity index (χ2v) is 4.30. The molecule has 2 rings (SSSR count). The van der Waals surface area contributed by atoms with Gasteiger partial charge in [0.2, 0.25) is 0 Å². The zero-order valence-electron chi connectivity index (χ0n) is 10.5. The van der Waals surface area contributed by atoms with Gasteiger partial charge in [0.25, 0.3) is 0 Å². The van der Waals surface area contributed by atoms with Crippen molar-refractivity contribution in [3.63, 3.8) is 0 Å². The molecule has 0 amide bonds. The molecule has 1 aromatic carbocycles. The Balaban J connectivity index is 2.15. The van der Waals surface area contributed by atoms with Gasteiger partial charge in [0.1, 0.15) is 11.6 Å². The molecule has 0 saturated heterocycles. The first-order chi connectivity index (χ1) is 9.09. The van der Waals surface area contributed by atoms with Gasteiger partial charge in [0.15, 0.2) is 5.78 Å². The van der Waals surface area contributed by atoms with Crippen LogP contribution in [0.5, 0.6) is 0 Å². The highest BCUT2D eigenvalue weighted by Gasteiger charge is 2.18. The first kappa shape index (κ1) is 13.3. The zero-order valence-corrected chi connectivity index (χ0v) is 10.5. The Morgan fingerprint density at radius 1 is 1.21 bits per heavy atom. The van der Waals surface area contributed by atoms with Crippen LogP contribution in [0, 0.1) is 18.6 Å². The molecule has 1 aromatic heterocycles. The highest BCUT2D eigenvalue weighted by molar-refractivity contribution is 5.96. The molecule has 4 heteroatoms. The summed E-state index contributed by atoms with van der Waals surface area (Å²) in [6, 6.07) is 7.79. The van der Waals surface area contributed by atoms with Gasteiger partial charge < -0.3 is 0 Å². The SMILES string of the molecule is Cc1ccc(F)c(C(=O)CCc2ccccn2)c1F. The Hall–Kier alpha value is -2.10. The third-order valence-electron chi connectivity index (χ3n) is 2.90. The molecule has 0 fully saturated rings. The number of ketones is 1. The fourth-order valence-corrected chi connectivity index (χ4v) is 1.82. The van der Waals surface area contributed by atoms with Crippen LogP contribution >= 0.6 is 0 Å². The summed E-state index contributed by atoms with van der Waals surface area (Å²) in [6.07, 6.45) is 2.02. The standard InChI is InChI=1S/C15H13F2NO/c1-10-5-7-12(16)14(15(10)17)13(19)8-6-11-4-2-3-9-18-11/h2-5,7,9H,6,8H2,1H3. The molecule has 19 heavy (non-hydrogen) atoms. The largest absolute Gasteiger partial charge is 0.294 e. The number of nitrogens with zero attached hydrogens (tertiary/aromatic N) is 1. The Kier molecular flexibility index (Phi) is 4.00. The molecule has 0 N–H and O–H groups in total. The molecule has 0 radical (unpaired) electrons. The van der Waals surface area contributed by atoms with Gasteiger partial charge in [-0.05, 0) is 37.1 Å². The number of aryl methyl sites for hydroxylation is 2. The summed E-state index contributed by atoms with van der Waals surface area (Å²) in [6.45, 7) is 1.50. The summed E-state index contributed by atoms with van der Waals surface area (Å²) >= 11 is 0. The Morgan fingerprint density at radius 3 is 2.68 bits per heavy atom. The van der Waals surface area contributed by atoms with Crippen LogP contribution in [-0.4, -0.2) is 10.8 Å². The van der Waals surface area contributed by atoms with Crippen LogP contribution in [0.2, 0.25) is 0 Å². The topological polar surface area (TPSA) is 30.0 Å². The molecule has 0 spiro atoms. The number of aromatic nitrogens is 1. The van der Waals surface area contributed by atoms with Crippen LogP contribution in [0.3, 0.4) is 0 Å². The molecule has 2 aromatic rings. The van der Waals surface area contributed by atoms with E-state index in [1.54, 1.807) is 24.4 Å². The van der Waals surface area contributed by atoms with E-state index in [0.717, 1.165) is 11.8 Å². The maximum atomic E-state index is 13.8. The molecule has 0 aliphatic heterocycles. The smallest absolute Gasteiger partial charge is 0.169 e. The van der Waals surface area contributed by atoms with E-state index in [4.69, 9.17) is 0 Å². The maximum Gasteiger partial charge on any atom is 0.169 e. The van der Waals surface area contributed by atoms with Crippen molar-refractivity contribution in [1.82, 2.24) is 4.98 Å². The predicted octanol–water partition coefficient (Wildman–Crippen LogP) is 3.48. The summed E-state index contributed by atoms with van der Waals surface area (Å²) in [5.74, 6) is -2.12. The van der Waals surface area contributed by atoms with Crippen molar-refractivity contribution in [2.75, 3.05) is 0 Å². The molecule has 0 atom stereocenters. The van der Waals surface area contributed by atoms with E-state index in [9.17, 15) is 13.6 Å². The van der Waals surface area contributed by atoms with Crippen LogP contribution in [0.25, 0.3) is 0 Å². The van der Waals surface area contributed by atoms with E-state index < -0.39 is 23.0 Å². The van der Waals surface area contributed by atoms with Crippen molar-refractivity contribution in [2.45, 2.75) is 19.8 Å². The van der Waals surface area contributed by atoms with Gasteiger partial charge in [-0.25, -0.2) is 8.78 Å². The van der Waals surface area contributed by atoms with E-state index in [1.165, 1.54) is 13.0 Å². The third kappa shape index (κ3) is 3.02. The van der Waals surface area contributed by atoms with Gasteiger partial charge in [0, 0.05) is 18.3 Å². The van der Waals surface area contributed by atoms with Crippen LogP contribution in [-0.2, 0) is 6.42 Å². The molecule has 0 unspecified atom stereocenters. The van der Waals surface area contributed by atoms with Gasteiger partial charge in [-0.1, -0.05) is 12.1 Å². The second kappa shape index (κ2) is 5.69. The molecule has 0 aliphatic carbocycles. The molecule has 0 saturated carbocycles. The van der Waals surface area contributed by atoms with Gasteiger partial charge in [0.05, 0.1) is 5.56 Å². The quantitative estimate of drug-likeness (QED) is 0.789. The lowest BCUT2D eigenvalue weighted by atomic mass is 10.0. The number of rotatable bonds is 4. The number of pyridine rings is 1. The molecule has 1 heterocycles. The summed E-state index contributed by atoms with van der Waals surface area (Å²) < 4.78 is 27.3. The summed E-state index contributed by atoms with van der Waals surface area (Å²) in [4.78, 5) is 16.0. The van der Waals surface area contributed by atoms with Gasteiger partial charge in [-0.3, -0.25) is 9.78 Å². The number of Topliss-reactive ketones (excluding diaryl/α,β-unsaturated/α-hetero) is 1. The molecular formula is C15H13F2NO. The van der Waals surface area contributed by atoms with Crippen molar-refractivity contribution in [1.29, 1.82) is 0 Å². The molecule has 0 bridgehead atoms. The minimum Gasteiger partial charge on any atom is -0.294 e. The Bertz CT molecular complexity index is 597. The average Bonchev–Trinajstić information content (AvgIpc) is 2.42. The number of hydrogen-bond acceptors (Lipinski definition) is 2. The van der Waals surface area contributed by atoms with E-state index in [0.29, 0.717) is 6.42 Å². The lowest BCUT2D eigenvalue weighted by molar-refractivity contribution is 0.0974. The number of carbonyl (C=O) groups excluding carboxylic acids is 1. The predicted molar refractivity (Wildman–Crippen MR) is 68.0 cm³/mol. The van der Waals surface area contributed by atoms with Crippen molar-refractivity contribution in [3.05, 3.63) is 65.0 Å². The first-order valence-electron chi connectivity index (χ1n) is 5.97. The van der Waals surface area contributed by atoms with Crippen LogP contribution in [0.1, 0.15) is 28.0 Å². The number of benzene rings is 1. The van der Waals surface area contributed by atoms with Crippen molar-refractivity contribution < 1.29 is 13.6 Å². The van der Waals surface area contributed by atoms with Crippen molar-refractivity contribution >= 4 is 5.78 Å². The van der Waals surface area contributed by atoms with Crippen LogP contribution < -0.4 is 0 Å². The summed E-state index contributed by atoms with van der Waals surface area (Å²) in [5, 5.41) is 0. The number of halogens is 2. The Labute approximate surface area is 110 Å². The van der Waals surface area contributed by atoms with Crippen molar-refractivity contribution in [2.24, 2.45) is 0 Å². The summed E-state index contributed by atoms with van der Waals surface area (Å²) in [7, 11) is 0. The normalized spacial score (nSPS) is 10.5. The van der Waals surface area contributed by atoms with Gasteiger partial charge in [-0.15, -0.1) is 0 Å². The van der Waals surface area contributed by atoms with E-state index >= 15 is 0 Å². The maximum absolute atomic E-state index is 13.8. The van der Waals surface area contributed by atoms with Crippen LogP contribution in [0.4, 0.5) is 8.78 Å². The molecule has 2 nitrogen and oxygen atoms in total. The Morgan fingerprint density at radius 2 is 2.00 bits per heavy atom. The minimum atomic E-state index is -0.811. The van der Waals surface area contributed by atoms with Gasteiger partial charge in [-0.2, -0.15) is 0 Å². The van der Waals surface area contributed by atoms with E-state index in [2.05, 4.69) is 4.98 Å². The lowest BCUT2D eigenvalue weighted by Crippen LogP contribution is -2.09. The van der Waals surface area contributed by atoms with Gasteiger partial charge >= 0.3 is 0 Å². The molecule has 0 aliphatic rings. The first-order valence-corrected chi connectivity index (χ1v) is 5.97. The fraction of sp³-hybridized carbons (Fsp3) is 0.200. The summed E-state index contributed by atoms with van der Waals surface area (Å²) in [5.41, 5.74) is 0.544. The zero-order chi connectivity index (χ0) is 13.8. The van der Waals surface area contributed by atoms with Crippen LogP contribution in [0.15, 0.2) is 36.5 Å². The lowest BCUT2D eigenvalue weighted by Gasteiger charge is -2.06. The monoisotopic (exact) mass is 261 g/mol.